The fourth-order valence-electron chi connectivity index (χ4n) is 1.32. The van der Waals surface area contributed by atoms with Crippen LogP contribution in [0.2, 0.25) is 0 Å². The molecule has 1 fully saturated rings. The Balaban J connectivity index is 2.18. The van der Waals surface area contributed by atoms with E-state index in [1.807, 2.05) is 0 Å². The molecule has 0 radical (unpaired) electrons. The summed E-state index contributed by atoms with van der Waals surface area (Å²) >= 11 is 0. The van der Waals surface area contributed by atoms with Gasteiger partial charge in [-0.15, -0.1) is 0 Å². The summed E-state index contributed by atoms with van der Waals surface area (Å²) in [6.45, 7) is 2.46. The molecule has 1 aliphatic rings. The Morgan fingerprint density at radius 1 is 1.00 bits per heavy atom. The molecule has 0 aromatic carbocycles. The number of hydrogen-bond donors (Lipinski definition) is 0. The van der Waals surface area contributed by atoms with Gasteiger partial charge < -0.3 is 4.74 Å². The van der Waals surface area contributed by atoms with Crippen LogP contribution in [0.25, 0.3) is 0 Å². The van der Waals surface area contributed by atoms with Crippen molar-refractivity contribution in [3.8, 4) is 0 Å². The van der Waals surface area contributed by atoms with Gasteiger partial charge in [-0.25, -0.2) is 19.6 Å². The first-order chi connectivity index (χ1) is 6.38. The van der Waals surface area contributed by atoms with Gasteiger partial charge in [-0.1, -0.05) is 0 Å². The van der Waals surface area contributed by atoms with E-state index in [-0.39, 0.29) is 0 Å². The number of ether oxygens (including phenoxy) is 1. The maximum Gasteiger partial charge on any atom is 0.0876 e. The number of hydrogen-bond acceptors (Lipinski definition) is 5. The maximum atomic E-state index is 5.29. The first kappa shape index (κ1) is 10.9. The zero-order valence-corrected chi connectivity index (χ0v) is 8.02. The second-order valence-corrected chi connectivity index (χ2v) is 2.96. The van der Waals surface area contributed by atoms with Gasteiger partial charge in [-0.3, -0.25) is 0 Å². The second kappa shape index (κ2) is 6.28. The Hall–Kier alpha value is -0.200. The first-order valence-corrected chi connectivity index (χ1v) is 4.27. The van der Waals surface area contributed by atoms with E-state index < -0.39 is 0 Å². The molecule has 78 valence electrons. The normalized spacial score (nSPS) is 28.2. The zero-order valence-electron chi connectivity index (χ0n) is 8.02. The molecular formula is C8H16O5. The summed E-state index contributed by atoms with van der Waals surface area (Å²) < 4.78 is 5.29. The van der Waals surface area contributed by atoms with E-state index in [9.17, 15) is 0 Å². The summed E-state index contributed by atoms with van der Waals surface area (Å²) in [5.41, 5.74) is 0. The molecule has 1 rings (SSSR count). The molecule has 0 saturated carbocycles. The lowest BCUT2D eigenvalue weighted by Gasteiger charge is -2.14. The van der Waals surface area contributed by atoms with E-state index in [1.54, 1.807) is 0 Å². The van der Waals surface area contributed by atoms with Gasteiger partial charge in [0, 0.05) is 11.8 Å². The van der Waals surface area contributed by atoms with Crippen molar-refractivity contribution in [3.05, 3.63) is 0 Å². The van der Waals surface area contributed by atoms with E-state index in [1.165, 1.54) is 14.2 Å². The third-order valence-corrected chi connectivity index (χ3v) is 2.13. The molecule has 0 aliphatic carbocycles. The Morgan fingerprint density at radius 2 is 1.46 bits per heavy atom. The summed E-state index contributed by atoms with van der Waals surface area (Å²) in [7, 11) is 2.99. The molecule has 0 amide bonds. The highest BCUT2D eigenvalue weighted by atomic mass is 17.2. The molecule has 0 aromatic rings. The maximum absolute atomic E-state index is 5.29. The van der Waals surface area contributed by atoms with Crippen molar-refractivity contribution in [2.45, 2.75) is 0 Å². The van der Waals surface area contributed by atoms with Crippen LogP contribution >= 0.6 is 0 Å². The van der Waals surface area contributed by atoms with Crippen LogP contribution < -0.4 is 0 Å². The molecule has 5 nitrogen and oxygen atoms in total. The van der Waals surface area contributed by atoms with E-state index in [0.29, 0.717) is 38.3 Å². The van der Waals surface area contributed by atoms with Crippen LogP contribution in [0.5, 0.6) is 0 Å². The van der Waals surface area contributed by atoms with Crippen molar-refractivity contribution in [3.63, 3.8) is 0 Å². The monoisotopic (exact) mass is 192 g/mol. The fraction of sp³-hybridized carbons (Fsp3) is 1.00. The summed E-state index contributed by atoms with van der Waals surface area (Å²) in [6.07, 6.45) is 0. The minimum Gasteiger partial charge on any atom is -0.381 e. The summed E-state index contributed by atoms with van der Waals surface area (Å²) in [6, 6.07) is 0. The van der Waals surface area contributed by atoms with E-state index in [4.69, 9.17) is 14.5 Å². The predicted octanol–water partition coefficient (Wildman–Crippen LogP) is 0.405. The molecule has 1 aliphatic heterocycles. The summed E-state index contributed by atoms with van der Waals surface area (Å²) in [5, 5.41) is 0. The van der Waals surface area contributed by atoms with Crippen molar-refractivity contribution in [2.75, 3.05) is 40.6 Å². The topological polar surface area (TPSA) is 46.2 Å². The minimum absolute atomic E-state index is 0.329. The average molecular weight is 192 g/mol. The van der Waals surface area contributed by atoms with Gasteiger partial charge >= 0.3 is 0 Å². The van der Waals surface area contributed by atoms with Crippen molar-refractivity contribution < 1.29 is 24.3 Å². The smallest absolute Gasteiger partial charge is 0.0876 e. The van der Waals surface area contributed by atoms with Gasteiger partial charge in [-0.2, -0.15) is 0 Å². The SMILES string of the molecule is COOC[C@H]1COC[C@@H]1COOC. The lowest BCUT2D eigenvalue weighted by molar-refractivity contribution is -0.294. The molecular weight excluding hydrogens is 176 g/mol. The molecule has 0 spiro atoms. The van der Waals surface area contributed by atoms with Crippen LogP contribution in [0.1, 0.15) is 0 Å². The third kappa shape index (κ3) is 3.58. The molecule has 2 atom stereocenters. The largest absolute Gasteiger partial charge is 0.381 e. The van der Waals surface area contributed by atoms with Crippen LogP contribution in [-0.2, 0) is 24.3 Å². The van der Waals surface area contributed by atoms with Crippen molar-refractivity contribution in [2.24, 2.45) is 11.8 Å². The van der Waals surface area contributed by atoms with Crippen molar-refractivity contribution >= 4 is 0 Å². The van der Waals surface area contributed by atoms with Crippen LogP contribution in [0, 0.1) is 11.8 Å². The Kier molecular flexibility index (Phi) is 5.26. The molecule has 5 heteroatoms. The van der Waals surface area contributed by atoms with Crippen molar-refractivity contribution in [1.82, 2.24) is 0 Å². The fourth-order valence-corrected chi connectivity index (χ4v) is 1.32. The lowest BCUT2D eigenvalue weighted by Crippen LogP contribution is -2.22. The molecule has 1 heterocycles. The van der Waals surface area contributed by atoms with Crippen LogP contribution in [-0.4, -0.2) is 40.6 Å². The Bertz CT molecular complexity index is 116. The highest BCUT2D eigenvalue weighted by Gasteiger charge is 2.29. The molecule has 0 bridgehead atoms. The van der Waals surface area contributed by atoms with Gasteiger partial charge in [0.25, 0.3) is 0 Å². The molecule has 0 aromatic heterocycles. The van der Waals surface area contributed by atoms with Gasteiger partial charge in [0.1, 0.15) is 0 Å². The standard InChI is InChI=1S/C8H16O5/c1-9-12-5-7-3-11-4-8(7)6-13-10-2/h7-8H,3-6H2,1-2H3/t7-,8-/m1/s1. The molecule has 1 saturated heterocycles. The minimum atomic E-state index is 0.329. The van der Waals surface area contributed by atoms with Crippen LogP contribution in [0.4, 0.5) is 0 Å². The number of rotatable bonds is 6. The lowest BCUT2D eigenvalue weighted by atomic mass is 9.98. The molecule has 13 heavy (non-hydrogen) atoms. The van der Waals surface area contributed by atoms with E-state index in [2.05, 4.69) is 9.78 Å². The summed E-state index contributed by atoms with van der Waals surface area (Å²) in [4.78, 5) is 18.8. The van der Waals surface area contributed by atoms with E-state index in [0.717, 1.165) is 0 Å². The predicted molar refractivity (Wildman–Crippen MR) is 43.7 cm³/mol. The zero-order chi connectivity index (χ0) is 9.52. The highest BCUT2D eigenvalue weighted by Crippen LogP contribution is 2.21. The summed E-state index contributed by atoms with van der Waals surface area (Å²) in [5.74, 6) is 0.658. The molecule has 0 N–H and O–H groups in total. The van der Waals surface area contributed by atoms with Crippen LogP contribution in [0.3, 0.4) is 0 Å². The Labute approximate surface area is 77.7 Å². The highest BCUT2D eigenvalue weighted by molar-refractivity contribution is 4.73. The van der Waals surface area contributed by atoms with E-state index >= 15 is 0 Å². The average Bonchev–Trinajstić information content (AvgIpc) is 2.59. The van der Waals surface area contributed by atoms with Crippen LogP contribution in [0.15, 0.2) is 0 Å². The molecule has 0 unspecified atom stereocenters. The third-order valence-electron chi connectivity index (χ3n) is 2.13. The first-order valence-electron chi connectivity index (χ1n) is 4.27. The second-order valence-electron chi connectivity index (χ2n) is 2.96. The van der Waals surface area contributed by atoms with Gasteiger partial charge in [0.15, 0.2) is 0 Å². The van der Waals surface area contributed by atoms with Gasteiger partial charge in [0.2, 0.25) is 0 Å². The van der Waals surface area contributed by atoms with Gasteiger partial charge in [0.05, 0.1) is 40.6 Å². The quantitative estimate of drug-likeness (QED) is 0.450. The van der Waals surface area contributed by atoms with Crippen molar-refractivity contribution in [1.29, 1.82) is 0 Å². The van der Waals surface area contributed by atoms with Gasteiger partial charge in [-0.05, 0) is 0 Å². The Morgan fingerprint density at radius 3 is 1.85 bits per heavy atom.